The van der Waals surface area contributed by atoms with Gasteiger partial charge >= 0.3 is 0 Å². The maximum absolute atomic E-state index is 9.35. The van der Waals surface area contributed by atoms with Gasteiger partial charge in [-0.2, -0.15) is 0 Å². The zero-order valence-electron chi connectivity index (χ0n) is 12.5. The third-order valence-electron chi connectivity index (χ3n) is 4.07. The molecule has 5 nitrogen and oxygen atoms in total. The van der Waals surface area contributed by atoms with Gasteiger partial charge in [0.05, 0.1) is 29.7 Å². The number of aromatic nitrogens is 3. The molecule has 23 heavy (non-hydrogen) atoms. The maximum atomic E-state index is 9.35. The van der Waals surface area contributed by atoms with Gasteiger partial charge in [-0.25, -0.2) is 4.98 Å². The van der Waals surface area contributed by atoms with Gasteiger partial charge in [-0.3, -0.25) is 4.98 Å². The van der Waals surface area contributed by atoms with Crippen molar-refractivity contribution >= 4 is 27.9 Å². The molecular weight excluding hydrogens is 288 g/mol. The van der Waals surface area contributed by atoms with E-state index in [1.165, 1.54) is 0 Å². The van der Waals surface area contributed by atoms with Crippen LogP contribution >= 0.6 is 0 Å². The van der Waals surface area contributed by atoms with Crippen molar-refractivity contribution in [3.05, 3.63) is 65.9 Å². The lowest BCUT2D eigenvalue weighted by atomic mass is 10.1. The number of aliphatic hydroxyl groups is 1. The van der Waals surface area contributed by atoms with Crippen molar-refractivity contribution in [1.82, 2.24) is 14.5 Å². The van der Waals surface area contributed by atoms with Gasteiger partial charge in [0.2, 0.25) is 5.95 Å². The lowest BCUT2D eigenvalue weighted by molar-refractivity contribution is 0.282. The molecule has 0 aliphatic carbocycles. The molecule has 0 aliphatic rings. The van der Waals surface area contributed by atoms with E-state index >= 15 is 0 Å². The van der Waals surface area contributed by atoms with Gasteiger partial charge in [0.1, 0.15) is 0 Å². The number of aliphatic hydroxyl groups excluding tert-OH is 1. The molecule has 0 saturated heterocycles. The van der Waals surface area contributed by atoms with Crippen LogP contribution in [0.25, 0.3) is 21.9 Å². The topological polar surface area (TPSA) is 77.0 Å². The van der Waals surface area contributed by atoms with Crippen LogP contribution in [0.3, 0.4) is 0 Å². The number of para-hydroxylation sites is 1. The molecule has 114 valence electrons. The minimum absolute atomic E-state index is 0.00313. The molecule has 5 heteroatoms. The number of rotatable bonds is 3. The zero-order valence-corrected chi connectivity index (χ0v) is 12.5. The summed E-state index contributed by atoms with van der Waals surface area (Å²) in [6.07, 6.45) is 1.80. The molecule has 0 saturated carbocycles. The summed E-state index contributed by atoms with van der Waals surface area (Å²) >= 11 is 0. The Hall–Kier alpha value is -2.92. The van der Waals surface area contributed by atoms with E-state index in [1.54, 1.807) is 6.20 Å². The number of nitrogens with zero attached hydrogens (tertiary/aromatic N) is 3. The fourth-order valence-corrected chi connectivity index (χ4v) is 2.92. The van der Waals surface area contributed by atoms with E-state index in [0.29, 0.717) is 12.5 Å². The van der Waals surface area contributed by atoms with Gasteiger partial charge in [-0.05, 0) is 29.3 Å². The summed E-state index contributed by atoms with van der Waals surface area (Å²) in [5, 5.41) is 10.5. The highest BCUT2D eigenvalue weighted by atomic mass is 16.3. The van der Waals surface area contributed by atoms with Crippen molar-refractivity contribution in [3.8, 4) is 0 Å². The first-order valence-electron chi connectivity index (χ1n) is 7.44. The first kappa shape index (κ1) is 13.7. The van der Waals surface area contributed by atoms with Crippen molar-refractivity contribution in [3.63, 3.8) is 0 Å². The Kier molecular flexibility index (Phi) is 3.20. The number of anilines is 1. The average molecular weight is 304 g/mol. The lowest BCUT2D eigenvalue weighted by Crippen LogP contribution is -2.05. The number of nitrogen functional groups attached to an aromatic ring is 1. The van der Waals surface area contributed by atoms with Gasteiger partial charge in [-0.15, -0.1) is 0 Å². The molecule has 0 atom stereocenters. The standard InChI is InChI=1S/C18H16N4O/c19-18-21-15-7-6-12(11-23)9-16(15)22(18)10-14-4-1-3-13-5-2-8-20-17(13)14/h1-9,23H,10-11H2,(H2,19,21). The monoisotopic (exact) mass is 304 g/mol. The largest absolute Gasteiger partial charge is 0.392 e. The van der Waals surface area contributed by atoms with Crippen molar-refractivity contribution in [2.24, 2.45) is 0 Å². The minimum Gasteiger partial charge on any atom is -0.392 e. The van der Waals surface area contributed by atoms with Crippen molar-refractivity contribution in [2.75, 3.05) is 5.73 Å². The molecule has 4 rings (SSSR count). The van der Waals surface area contributed by atoms with E-state index in [-0.39, 0.29) is 6.61 Å². The molecule has 0 fully saturated rings. The molecule has 0 aliphatic heterocycles. The van der Waals surface area contributed by atoms with Crippen LogP contribution < -0.4 is 5.73 Å². The van der Waals surface area contributed by atoms with Gasteiger partial charge in [0.15, 0.2) is 0 Å². The quantitative estimate of drug-likeness (QED) is 0.610. The molecule has 2 aromatic heterocycles. The highest BCUT2D eigenvalue weighted by Crippen LogP contribution is 2.23. The van der Waals surface area contributed by atoms with Crippen LogP contribution in [-0.4, -0.2) is 19.6 Å². The van der Waals surface area contributed by atoms with Crippen LogP contribution in [0.2, 0.25) is 0 Å². The van der Waals surface area contributed by atoms with E-state index < -0.39 is 0 Å². The molecule has 0 amide bonds. The van der Waals surface area contributed by atoms with Crippen molar-refractivity contribution in [1.29, 1.82) is 0 Å². The Morgan fingerprint density at radius 1 is 1.09 bits per heavy atom. The first-order valence-corrected chi connectivity index (χ1v) is 7.44. The summed E-state index contributed by atoms with van der Waals surface area (Å²) in [4.78, 5) is 8.89. The van der Waals surface area contributed by atoms with Gasteiger partial charge in [0, 0.05) is 11.6 Å². The Balaban J connectivity index is 1.87. The predicted octanol–water partition coefficient (Wildman–Crippen LogP) is 2.71. The van der Waals surface area contributed by atoms with E-state index in [9.17, 15) is 5.11 Å². The SMILES string of the molecule is Nc1nc2ccc(CO)cc2n1Cc1cccc2cccnc12. The summed E-state index contributed by atoms with van der Waals surface area (Å²) in [6.45, 7) is 0.586. The van der Waals surface area contributed by atoms with Crippen LogP contribution in [0.4, 0.5) is 5.95 Å². The Bertz CT molecular complexity index is 1000. The molecule has 2 heterocycles. The third-order valence-corrected chi connectivity index (χ3v) is 4.07. The normalized spacial score (nSPS) is 11.3. The van der Waals surface area contributed by atoms with Crippen LogP contribution in [0.1, 0.15) is 11.1 Å². The van der Waals surface area contributed by atoms with Gasteiger partial charge in [0.25, 0.3) is 0 Å². The molecule has 0 spiro atoms. The van der Waals surface area contributed by atoms with Crippen LogP contribution in [0, 0.1) is 0 Å². The van der Waals surface area contributed by atoms with Crippen LogP contribution in [0.5, 0.6) is 0 Å². The van der Waals surface area contributed by atoms with E-state index in [2.05, 4.69) is 16.0 Å². The Morgan fingerprint density at radius 3 is 2.83 bits per heavy atom. The molecule has 0 radical (unpaired) electrons. The fraction of sp³-hybridized carbons (Fsp3) is 0.111. The summed E-state index contributed by atoms with van der Waals surface area (Å²) in [5.41, 5.74) is 10.7. The number of hydrogen-bond acceptors (Lipinski definition) is 4. The summed E-state index contributed by atoms with van der Waals surface area (Å²) in [6, 6.07) is 15.8. The van der Waals surface area contributed by atoms with E-state index in [4.69, 9.17) is 5.73 Å². The fourth-order valence-electron chi connectivity index (χ4n) is 2.92. The van der Waals surface area contributed by atoms with E-state index in [0.717, 1.165) is 33.1 Å². The van der Waals surface area contributed by atoms with Crippen LogP contribution in [-0.2, 0) is 13.2 Å². The van der Waals surface area contributed by atoms with Gasteiger partial charge in [-0.1, -0.05) is 30.3 Å². The highest BCUT2D eigenvalue weighted by Gasteiger charge is 2.11. The minimum atomic E-state index is -0.00313. The number of hydrogen-bond donors (Lipinski definition) is 2. The Labute approximate surface area is 133 Å². The first-order chi connectivity index (χ1) is 11.3. The summed E-state index contributed by atoms with van der Waals surface area (Å²) in [5.74, 6) is 0.461. The number of imidazole rings is 1. The Morgan fingerprint density at radius 2 is 1.96 bits per heavy atom. The molecule has 0 unspecified atom stereocenters. The number of fused-ring (bicyclic) bond motifs is 2. The second-order valence-electron chi connectivity index (χ2n) is 5.53. The van der Waals surface area contributed by atoms with Crippen molar-refractivity contribution in [2.45, 2.75) is 13.2 Å². The number of nitrogens with two attached hydrogens (primary N) is 1. The number of pyridine rings is 1. The number of benzene rings is 2. The molecular formula is C18H16N4O. The zero-order chi connectivity index (χ0) is 15.8. The third kappa shape index (κ3) is 2.31. The molecule has 2 aromatic carbocycles. The molecule has 3 N–H and O–H groups in total. The summed E-state index contributed by atoms with van der Waals surface area (Å²) in [7, 11) is 0. The summed E-state index contributed by atoms with van der Waals surface area (Å²) < 4.78 is 1.96. The molecule has 4 aromatic rings. The smallest absolute Gasteiger partial charge is 0.201 e. The predicted molar refractivity (Wildman–Crippen MR) is 90.9 cm³/mol. The van der Waals surface area contributed by atoms with Crippen molar-refractivity contribution < 1.29 is 5.11 Å². The molecule has 0 bridgehead atoms. The second-order valence-corrected chi connectivity index (χ2v) is 5.53. The lowest BCUT2D eigenvalue weighted by Gasteiger charge is -2.09. The maximum Gasteiger partial charge on any atom is 0.201 e. The second kappa shape index (κ2) is 5.37. The highest BCUT2D eigenvalue weighted by molar-refractivity contribution is 5.83. The van der Waals surface area contributed by atoms with Crippen LogP contribution in [0.15, 0.2) is 54.7 Å². The van der Waals surface area contributed by atoms with E-state index in [1.807, 2.05) is 47.0 Å². The van der Waals surface area contributed by atoms with Gasteiger partial charge < -0.3 is 15.4 Å². The average Bonchev–Trinajstić information content (AvgIpc) is 2.90.